The van der Waals surface area contributed by atoms with Gasteiger partial charge in [0.25, 0.3) is 5.91 Å². The Morgan fingerprint density at radius 2 is 1.70 bits per heavy atom. The first kappa shape index (κ1) is 22.1. The molecule has 0 saturated carbocycles. The summed E-state index contributed by atoms with van der Waals surface area (Å²) in [6.07, 6.45) is 3.41. The van der Waals surface area contributed by atoms with Crippen molar-refractivity contribution in [3.63, 3.8) is 0 Å². The summed E-state index contributed by atoms with van der Waals surface area (Å²) in [5.41, 5.74) is 6.62. The topological polar surface area (TPSA) is 75.2 Å². The highest BCUT2D eigenvalue weighted by Crippen LogP contribution is 2.26. The van der Waals surface area contributed by atoms with Gasteiger partial charge in [-0.3, -0.25) is 14.6 Å². The lowest BCUT2D eigenvalue weighted by Gasteiger charge is -2.20. The lowest BCUT2D eigenvalue weighted by molar-refractivity contribution is -0.116. The monoisotopic (exact) mass is 438 g/mol. The third-order valence-corrected chi connectivity index (χ3v) is 5.57. The summed E-state index contributed by atoms with van der Waals surface area (Å²) in [5, 5.41) is 3.71. The molecule has 1 N–H and O–H groups in total. The minimum Gasteiger partial charge on any atom is -0.332 e. The smallest absolute Gasteiger partial charge is 0.254 e. The summed E-state index contributed by atoms with van der Waals surface area (Å²) in [5.74, 6) is -0.488. The summed E-state index contributed by atoms with van der Waals surface area (Å²) < 4.78 is 0. The van der Waals surface area contributed by atoms with E-state index in [-0.39, 0.29) is 18.4 Å². The minimum absolute atomic E-state index is 0.0650. The van der Waals surface area contributed by atoms with Gasteiger partial charge in [0, 0.05) is 36.1 Å². The number of rotatable bonds is 5. The lowest BCUT2D eigenvalue weighted by atomic mass is 10.0. The zero-order valence-corrected chi connectivity index (χ0v) is 19.2. The molecule has 0 atom stereocenters. The molecule has 0 aliphatic rings. The van der Waals surface area contributed by atoms with Gasteiger partial charge in [-0.25, -0.2) is 4.98 Å². The van der Waals surface area contributed by atoms with Crippen molar-refractivity contribution in [3.8, 4) is 11.3 Å². The number of hydrogen-bond acceptors (Lipinski definition) is 4. The van der Waals surface area contributed by atoms with Crippen molar-refractivity contribution in [1.82, 2.24) is 14.9 Å². The summed E-state index contributed by atoms with van der Waals surface area (Å²) in [6, 6.07) is 17.1. The number of anilines is 1. The molecule has 2 heterocycles. The van der Waals surface area contributed by atoms with E-state index in [0.717, 1.165) is 33.3 Å². The number of aromatic nitrogens is 2. The third kappa shape index (κ3) is 4.75. The van der Waals surface area contributed by atoms with E-state index in [1.165, 1.54) is 4.90 Å². The summed E-state index contributed by atoms with van der Waals surface area (Å²) in [7, 11) is 1.63. The number of amides is 2. The van der Waals surface area contributed by atoms with Crippen molar-refractivity contribution in [2.45, 2.75) is 20.8 Å². The molecule has 6 heteroatoms. The van der Waals surface area contributed by atoms with Crippen LogP contribution in [0.2, 0.25) is 0 Å². The van der Waals surface area contributed by atoms with Crippen LogP contribution in [0.25, 0.3) is 22.2 Å². The van der Waals surface area contributed by atoms with E-state index in [9.17, 15) is 9.59 Å². The van der Waals surface area contributed by atoms with Gasteiger partial charge in [0.05, 0.1) is 23.3 Å². The van der Waals surface area contributed by atoms with Crippen molar-refractivity contribution >= 4 is 28.4 Å². The quantitative estimate of drug-likeness (QED) is 0.479. The van der Waals surface area contributed by atoms with Gasteiger partial charge < -0.3 is 10.2 Å². The van der Waals surface area contributed by atoms with Crippen LogP contribution in [0.4, 0.5) is 5.69 Å². The van der Waals surface area contributed by atoms with E-state index in [1.54, 1.807) is 25.5 Å². The molecule has 0 fully saturated rings. The zero-order chi connectivity index (χ0) is 23.5. The SMILES string of the molecule is Cc1cc(C)c(NC(=O)CN(C)C(=O)c2cc(-c3cccnc3)nc3ccccc23)c(C)c1. The van der Waals surface area contributed by atoms with Gasteiger partial charge in [-0.05, 0) is 56.2 Å². The van der Waals surface area contributed by atoms with Crippen LogP contribution in [0.1, 0.15) is 27.0 Å². The van der Waals surface area contributed by atoms with Crippen LogP contribution in [0.3, 0.4) is 0 Å². The molecule has 6 nitrogen and oxygen atoms in total. The Labute approximate surface area is 193 Å². The fourth-order valence-electron chi connectivity index (χ4n) is 4.06. The van der Waals surface area contributed by atoms with Gasteiger partial charge in [0.15, 0.2) is 0 Å². The Hall–Kier alpha value is -4.06. The molecule has 166 valence electrons. The molecule has 4 aromatic rings. The number of nitrogens with one attached hydrogen (secondary N) is 1. The number of nitrogens with zero attached hydrogens (tertiary/aromatic N) is 3. The molecular weight excluding hydrogens is 412 g/mol. The lowest BCUT2D eigenvalue weighted by Crippen LogP contribution is -2.35. The first-order valence-electron chi connectivity index (χ1n) is 10.8. The van der Waals surface area contributed by atoms with Crippen LogP contribution >= 0.6 is 0 Å². The standard InChI is InChI=1S/C27H26N4O2/c1-17-12-18(2)26(19(3)13-17)30-25(32)16-31(4)27(33)22-14-24(20-8-7-11-28-15-20)29-23-10-6-5-9-21(22)23/h5-15H,16H2,1-4H3,(H,30,32). The second-order valence-electron chi connectivity index (χ2n) is 8.30. The Kier molecular flexibility index (Phi) is 6.18. The summed E-state index contributed by atoms with van der Waals surface area (Å²) >= 11 is 0. The molecule has 0 aliphatic carbocycles. The average molecular weight is 439 g/mol. The van der Waals surface area contributed by atoms with Crippen molar-refractivity contribution in [2.24, 2.45) is 0 Å². The van der Waals surface area contributed by atoms with Crippen molar-refractivity contribution in [1.29, 1.82) is 0 Å². The molecule has 2 amide bonds. The number of hydrogen-bond donors (Lipinski definition) is 1. The van der Waals surface area contributed by atoms with Crippen LogP contribution in [0.15, 0.2) is 67.0 Å². The summed E-state index contributed by atoms with van der Waals surface area (Å²) in [6.45, 7) is 5.89. The van der Waals surface area contributed by atoms with Crippen molar-refractivity contribution in [2.75, 3.05) is 18.9 Å². The Balaban J connectivity index is 1.61. The Morgan fingerprint density at radius 3 is 2.39 bits per heavy atom. The van der Waals surface area contributed by atoms with E-state index < -0.39 is 0 Å². The number of benzene rings is 2. The number of aryl methyl sites for hydroxylation is 3. The number of fused-ring (bicyclic) bond motifs is 1. The number of carbonyl (C=O) groups is 2. The molecule has 2 aromatic heterocycles. The molecule has 0 aliphatic heterocycles. The number of likely N-dealkylation sites (N-methyl/N-ethyl adjacent to an activating group) is 1. The highest BCUT2D eigenvalue weighted by atomic mass is 16.2. The van der Waals surface area contributed by atoms with E-state index in [1.807, 2.05) is 69.3 Å². The van der Waals surface area contributed by atoms with E-state index >= 15 is 0 Å². The molecule has 0 unspecified atom stereocenters. The van der Waals surface area contributed by atoms with Gasteiger partial charge in [0.1, 0.15) is 0 Å². The Bertz CT molecular complexity index is 1330. The van der Waals surface area contributed by atoms with Crippen LogP contribution in [-0.2, 0) is 4.79 Å². The average Bonchev–Trinajstić information content (AvgIpc) is 2.80. The molecule has 0 radical (unpaired) electrons. The fourth-order valence-corrected chi connectivity index (χ4v) is 4.06. The highest BCUT2D eigenvalue weighted by Gasteiger charge is 2.20. The predicted molar refractivity (Wildman–Crippen MR) is 131 cm³/mol. The normalized spacial score (nSPS) is 10.8. The van der Waals surface area contributed by atoms with Crippen LogP contribution in [0, 0.1) is 20.8 Å². The highest BCUT2D eigenvalue weighted by molar-refractivity contribution is 6.08. The maximum atomic E-state index is 13.4. The molecule has 4 rings (SSSR count). The molecule has 2 aromatic carbocycles. The zero-order valence-electron chi connectivity index (χ0n) is 19.2. The van der Waals surface area contributed by atoms with Crippen LogP contribution in [-0.4, -0.2) is 40.3 Å². The first-order chi connectivity index (χ1) is 15.8. The second kappa shape index (κ2) is 9.20. The van der Waals surface area contributed by atoms with Gasteiger partial charge in [0.2, 0.25) is 5.91 Å². The van der Waals surface area contributed by atoms with Gasteiger partial charge in [-0.1, -0.05) is 35.9 Å². The van der Waals surface area contributed by atoms with E-state index in [4.69, 9.17) is 4.98 Å². The van der Waals surface area contributed by atoms with E-state index in [0.29, 0.717) is 16.8 Å². The number of para-hydroxylation sites is 1. The number of pyridine rings is 2. The fraction of sp³-hybridized carbons (Fsp3) is 0.185. The third-order valence-electron chi connectivity index (χ3n) is 5.57. The van der Waals surface area contributed by atoms with Gasteiger partial charge >= 0.3 is 0 Å². The molecule has 0 saturated heterocycles. The molecule has 33 heavy (non-hydrogen) atoms. The second-order valence-corrected chi connectivity index (χ2v) is 8.30. The maximum Gasteiger partial charge on any atom is 0.254 e. The molecule has 0 bridgehead atoms. The van der Waals surface area contributed by atoms with Crippen molar-refractivity contribution in [3.05, 3.63) is 89.2 Å². The van der Waals surface area contributed by atoms with E-state index in [2.05, 4.69) is 10.3 Å². The largest absolute Gasteiger partial charge is 0.332 e. The summed E-state index contributed by atoms with van der Waals surface area (Å²) in [4.78, 5) is 36.5. The predicted octanol–water partition coefficient (Wildman–Crippen LogP) is 4.93. The van der Waals surface area contributed by atoms with Crippen LogP contribution < -0.4 is 5.32 Å². The Morgan fingerprint density at radius 1 is 0.970 bits per heavy atom. The van der Waals surface area contributed by atoms with Gasteiger partial charge in [-0.15, -0.1) is 0 Å². The molecule has 0 spiro atoms. The first-order valence-corrected chi connectivity index (χ1v) is 10.8. The minimum atomic E-state index is -0.244. The molecular formula is C27H26N4O2. The maximum absolute atomic E-state index is 13.4. The van der Waals surface area contributed by atoms with Crippen molar-refractivity contribution < 1.29 is 9.59 Å². The van der Waals surface area contributed by atoms with Crippen LogP contribution in [0.5, 0.6) is 0 Å². The number of carbonyl (C=O) groups excluding carboxylic acids is 2. The van der Waals surface area contributed by atoms with Gasteiger partial charge in [-0.2, -0.15) is 0 Å².